The Bertz CT molecular complexity index is 774. The second-order valence-electron chi connectivity index (χ2n) is 8.23. The molecule has 0 atom stereocenters. The van der Waals surface area contributed by atoms with Crippen LogP contribution in [0.5, 0.6) is 0 Å². The molecule has 6 heteroatoms. The Morgan fingerprint density at radius 1 is 1.18 bits per heavy atom. The zero-order valence-electron chi connectivity index (χ0n) is 16.9. The summed E-state index contributed by atoms with van der Waals surface area (Å²) < 4.78 is 5.65. The summed E-state index contributed by atoms with van der Waals surface area (Å²) >= 11 is 0. The maximum atomic E-state index is 11.5. The Kier molecular flexibility index (Phi) is 6.15. The third kappa shape index (κ3) is 4.49. The van der Waals surface area contributed by atoms with Gasteiger partial charge in [-0.1, -0.05) is 6.92 Å². The average Bonchev–Trinajstić information content (AvgIpc) is 3.22. The molecule has 6 nitrogen and oxygen atoms in total. The van der Waals surface area contributed by atoms with Crippen LogP contribution in [0.25, 0.3) is 11.0 Å². The van der Waals surface area contributed by atoms with E-state index < -0.39 is 0 Å². The van der Waals surface area contributed by atoms with Crippen LogP contribution < -0.4 is 10.2 Å². The van der Waals surface area contributed by atoms with Crippen molar-refractivity contribution < 1.29 is 9.21 Å². The highest BCUT2D eigenvalue weighted by Gasteiger charge is 2.24. The number of nitrogens with zero attached hydrogens (tertiary/aromatic N) is 3. The molecule has 0 spiro atoms. The van der Waals surface area contributed by atoms with Crippen LogP contribution in [0.1, 0.15) is 45.4 Å². The molecule has 0 aromatic carbocycles. The molecule has 2 fully saturated rings. The van der Waals surface area contributed by atoms with Gasteiger partial charge in [-0.05, 0) is 56.7 Å². The van der Waals surface area contributed by atoms with Crippen molar-refractivity contribution in [2.75, 3.05) is 37.6 Å². The van der Waals surface area contributed by atoms with Crippen LogP contribution in [0, 0.1) is 5.92 Å². The Labute approximate surface area is 167 Å². The first-order valence-electron chi connectivity index (χ1n) is 10.8. The van der Waals surface area contributed by atoms with E-state index in [0.29, 0.717) is 12.5 Å². The fourth-order valence-electron chi connectivity index (χ4n) is 4.58. The predicted molar refractivity (Wildman–Crippen MR) is 111 cm³/mol. The molecule has 2 aliphatic rings. The van der Waals surface area contributed by atoms with Crippen molar-refractivity contribution in [2.24, 2.45) is 5.92 Å². The molecule has 1 aliphatic heterocycles. The Morgan fingerprint density at radius 2 is 1.96 bits per heavy atom. The predicted octanol–water partition coefficient (Wildman–Crippen LogP) is 3.42. The minimum absolute atomic E-state index is 0.195. The molecule has 1 saturated carbocycles. The van der Waals surface area contributed by atoms with Crippen molar-refractivity contribution in [3.63, 3.8) is 0 Å². The van der Waals surface area contributed by atoms with Gasteiger partial charge in [0.1, 0.15) is 0 Å². The lowest BCUT2D eigenvalue weighted by molar-refractivity contribution is -0.121. The molecule has 152 valence electrons. The van der Waals surface area contributed by atoms with Crippen LogP contribution in [0.15, 0.2) is 29.0 Å². The summed E-state index contributed by atoms with van der Waals surface area (Å²) in [5, 5.41) is 4.28. The molecule has 1 N–H and O–H groups in total. The van der Waals surface area contributed by atoms with Crippen LogP contribution >= 0.6 is 0 Å². The Hall–Kier alpha value is -2.08. The van der Waals surface area contributed by atoms with Crippen molar-refractivity contribution in [1.82, 2.24) is 15.2 Å². The maximum absolute atomic E-state index is 11.5. The van der Waals surface area contributed by atoms with E-state index in [0.717, 1.165) is 61.7 Å². The van der Waals surface area contributed by atoms with E-state index in [9.17, 15) is 4.79 Å². The SMILES string of the molecule is CCC(=O)NC1CCC(CCN2CCN(c3nccc4ccoc34)CC2)CC1. The topological polar surface area (TPSA) is 61.6 Å². The summed E-state index contributed by atoms with van der Waals surface area (Å²) in [5.41, 5.74) is 0.905. The third-order valence-electron chi connectivity index (χ3n) is 6.41. The van der Waals surface area contributed by atoms with E-state index in [2.05, 4.69) is 20.1 Å². The van der Waals surface area contributed by atoms with Gasteiger partial charge in [0.2, 0.25) is 5.91 Å². The molecule has 0 unspecified atom stereocenters. The van der Waals surface area contributed by atoms with Crippen LogP contribution in [-0.2, 0) is 4.79 Å². The number of carbonyl (C=O) groups is 1. The molecule has 1 saturated heterocycles. The highest BCUT2D eigenvalue weighted by molar-refractivity contribution is 5.87. The van der Waals surface area contributed by atoms with Crippen LogP contribution in [0.4, 0.5) is 5.82 Å². The monoisotopic (exact) mass is 384 g/mol. The molecule has 4 rings (SSSR count). The third-order valence-corrected chi connectivity index (χ3v) is 6.41. The molecule has 3 heterocycles. The van der Waals surface area contributed by atoms with Gasteiger partial charge >= 0.3 is 0 Å². The van der Waals surface area contributed by atoms with Crippen molar-refractivity contribution in [3.8, 4) is 0 Å². The average molecular weight is 385 g/mol. The van der Waals surface area contributed by atoms with Gasteiger partial charge in [0.15, 0.2) is 11.4 Å². The smallest absolute Gasteiger partial charge is 0.219 e. The van der Waals surface area contributed by atoms with Crippen LogP contribution in [0.3, 0.4) is 0 Å². The number of nitrogens with one attached hydrogen (secondary N) is 1. The van der Waals surface area contributed by atoms with Gasteiger partial charge in [-0.3, -0.25) is 9.69 Å². The minimum Gasteiger partial charge on any atom is -0.460 e. The molecular formula is C22H32N4O2. The highest BCUT2D eigenvalue weighted by Crippen LogP contribution is 2.28. The molecule has 28 heavy (non-hydrogen) atoms. The number of aromatic nitrogens is 1. The number of carbonyl (C=O) groups excluding carboxylic acids is 1. The van der Waals surface area contributed by atoms with Crippen molar-refractivity contribution in [2.45, 2.75) is 51.5 Å². The molecule has 2 aromatic rings. The van der Waals surface area contributed by atoms with Gasteiger partial charge in [0, 0.05) is 50.2 Å². The molecule has 0 bridgehead atoms. The fourth-order valence-corrected chi connectivity index (χ4v) is 4.58. The largest absolute Gasteiger partial charge is 0.460 e. The molecule has 1 amide bonds. The van der Waals surface area contributed by atoms with Crippen molar-refractivity contribution >= 4 is 22.7 Å². The summed E-state index contributed by atoms with van der Waals surface area (Å²) in [6, 6.07) is 4.41. The van der Waals surface area contributed by atoms with E-state index >= 15 is 0 Å². The van der Waals surface area contributed by atoms with Gasteiger partial charge in [0.25, 0.3) is 0 Å². The summed E-state index contributed by atoms with van der Waals surface area (Å²) in [5.74, 6) is 1.99. The molecular weight excluding hydrogens is 352 g/mol. The first-order valence-corrected chi connectivity index (χ1v) is 10.8. The number of hydrogen-bond donors (Lipinski definition) is 1. The zero-order valence-corrected chi connectivity index (χ0v) is 16.9. The number of pyridine rings is 1. The highest BCUT2D eigenvalue weighted by atomic mass is 16.3. The number of furan rings is 1. The second-order valence-corrected chi connectivity index (χ2v) is 8.23. The van der Waals surface area contributed by atoms with Crippen molar-refractivity contribution in [1.29, 1.82) is 0 Å². The quantitative estimate of drug-likeness (QED) is 0.827. The van der Waals surface area contributed by atoms with Gasteiger partial charge in [0.05, 0.1) is 6.26 Å². The van der Waals surface area contributed by atoms with E-state index in [1.807, 2.05) is 25.3 Å². The van der Waals surface area contributed by atoms with E-state index in [-0.39, 0.29) is 5.91 Å². The number of fused-ring (bicyclic) bond motifs is 1. The second kappa shape index (κ2) is 8.95. The van der Waals surface area contributed by atoms with E-state index in [1.165, 1.54) is 25.8 Å². The number of piperazine rings is 1. The number of hydrogen-bond acceptors (Lipinski definition) is 5. The van der Waals surface area contributed by atoms with Gasteiger partial charge in [-0.15, -0.1) is 0 Å². The molecule has 2 aromatic heterocycles. The van der Waals surface area contributed by atoms with E-state index in [1.54, 1.807) is 6.26 Å². The number of anilines is 1. The number of amides is 1. The van der Waals surface area contributed by atoms with Gasteiger partial charge < -0.3 is 14.6 Å². The van der Waals surface area contributed by atoms with Gasteiger partial charge in [-0.2, -0.15) is 0 Å². The summed E-state index contributed by atoms with van der Waals surface area (Å²) in [4.78, 5) is 21.1. The lowest BCUT2D eigenvalue weighted by Crippen LogP contribution is -2.47. The molecule has 0 radical (unpaired) electrons. The lowest BCUT2D eigenvalue weighted by atomic mass is 9.84. The maximum Gasteiger partial charge on any atom is 0.219 e. The fraction of sp³-hybridized carbons (Fsp3) is 0.636. The summed E-state index contributed by atoms with van der Waals surface area (Å²) in [6.45, 7) is 7.28. The van der Waals surface area contributed by atoms with Crippen molar-refractivity contribution in [3.05, 3.63) is 24.6 Å². The zero-order chi connectivity index (χ0) is 19.3. The van der Waals surface area contributed by atoms with Crippen LogP contribution in [-0.4, -0.2) is 54.6 Å². The first-order chi connectivity index (χ1) is 13.7. The Morgan fingerprint density at radius 3 is 2.71 bits per heavy atom. The normalized spacial score (nSPS) is 23.8. The summed E-state index contributed by atoms with van der Waals surface area (Å²) in [6.07, 6.45) is 10.3. The first kappa shape index (κ1) is 19.2. The van der Waals surface area contributed by atoms with Crippen LogP contribution in [0.2, 0.25) is 0 Å². The Balaban J connectivity index is 1.19. The lowest BCUT2D eigenvalue weighted by Gasteiger charge is -2.36. The number of rotatable bonds is 6. The minimum atomic E-state index is 0.195. The standard InChI is InChI=1S/C22H32N4O2/c1-2-20(27)24-19-5-3-17(4-6-19)8-11-25-12-14-26(15-13-25)22-21-18(7-10-23-22)9-16-28-21/h7,9-10,16-17,19H,2-6,8,11-15H2,1H3,(H,24,27). The van der Waals surface area contributed by atoms with E-state index in [4.69, 9.17) is 4.42 Å². The van der Waals surface area contributed by atoms with Gasteiger partial charge in [-0.25, -0.2) is 4.98 Å². The summed E-state index contributed by atoms with van der Waals surface area (Å²) in [7, 11) is 0. The molecule has 1 aliphatic carbocycles.